The zero-order valence-corrected chi connectivity index (χ0v) is 14.0. The van der Waals surface area contributed by atoms with Gasteiger partial charge < -0.3 is 20.9 Å². The Morgan fingerprint density at radius 1 is 1.07 bits per heavy atom. The van der Waals surface area contributed by atoms with Crippen LogP contribution < -0.4 is 17.0 Å². The molecule has 0 saturated heterocycles. The second-order valence-electron chi connectivity index (χ2n) is 5.27. The van der Waals surface area contributed by atoms with Crippen LogP contribution >= 0.6 is 0 Å². The summed E-state index contributed by atoms with van der Waals surface area (Å²) in [6, 6.07) is 4.32. The molecule has 0 aliphatic carbocycles. The number of hydrogen-bond acceptors (Lipinski definition) is 5. The Morgan fingerprint density at radius 2 is 1.63 bits per heavy atom. The van der Waals surface area contributed by atoms with E-state index in [1.807, 2.05) is 9.97 Å². The average molecular weight is 389 g/mol. The van der Waals surface area contributed by atoms with Crippen molar-refractivity contribution in [3.05, 3.63) is 67.5 Å². The highest BCUT2D eigenvalue weighted by molar-refractivity contribution is 5.86. The first-order valence-corrected chi connectivity index (χ1v) is 7.66. The van der Waals surface area contributed by atoms with Crippen LogP contribution in [0, 0.1) is 0 Å². The van der Waals surface area contributed by atoms with Crippen LogP contribution in [-0.2, 0) is 19.0 Å². The Morgan fingerprint density at radius 3 is 2.07 bits per heavy atom. The Balaban J connectivity index is 0.000000828. The van der Waals surface area contributed by atoms with Gasteiger partial charge in [-0.3, -0.25) is 9.78 Å². The van der Waals surface area contributed by atoms with Crippen molar-refractivity contribution in [2.24, 2.45) is 5.73 Å². The van der Waals surface area contributed by atoms with Crippen LogP contribution in [0.15, 0.2) is 33.9 Å². The van der Waals surface area contributed by atoms with E-state index in [0.717, 1.165) is 12.1 Å². The van der Waals surface area contributed by atoms with Gasteiger partial charge in [-0.05, 0) is 30.5 Å². The molecule has 0 bridgehead atoms. The van der Waals surface area contributed by atoms with E-state index < -0.39 is 34.7 Å². The van der Waals surface area contributed by atoms with Crippen molar-refractivity contribution in [1.29, 1.82) is 0 Å². The number of carbonyl (C=O) groups is 1. The number of aromatic amines is 2. The molecule has 1 aromatic heterocycles. The van der Waals surface area contributed by atoms with Crippen molar-refractivity contribution in [3.63, 3.8) is 0 Å². The third-order valence-corrected chi connectivity index (χ3v) is 3.33. The molecular formula is C16H18F3N3O5. The molecule has 27 heavy (non-hydrogen) atoms. The fourth-order valence-electron chi connectivity index (χ4n) is 2.06. The summed E-state index contributed by atoms with van der Waals surface area (Å²) in [5.41, 5.74) is 2.04. The number of nitrogens with one attached hydrogen (secondary N) is 2. The summed E-state index contributed by atoms with van der Waals surface area (Å²) < 4.78 is 37.4. The SMILES string of the molecule is NCCO.O=C(O)c1[nH]c(=O)[nH]c(=O)c1CCc1ccc(C(F)(F)F)cc1. The number of hydrogen-bond donors (Lipinski definition) is 5. The Bertz CT molecular complexity index is 871. The number of H-pyrrole nitrogens is 2. The number of aliphatic hydroxyl groups is 1. The Labute approximate surface area is 150 Å². The number of aryl methyl sites for hydroxylation is 1. The molecule has 148 valence electrons. The zero-order chi connectivity index (χ0) is 20.6. The summed E-state index contributed by atoms with van der Waals surface area (Å²) in [5.74, 6) is -1.46. The number of rotatable bonds is 5. The van der Waals surface area contributed by atoms with Crippen molar-refractivity contribution in [3.8, 4) is 0 Å². The standard InChI is InChI=1S/C14H11F3N2O4.C2H7NO/c15-14(16,17)8-4-1-7(2-5-8)3-6-9-10(12(21)22)18-13(23)19-11(9)20;3-1-2-4/h1-2,4-5H,3,6H2,(H,21,22)(H2,18,19,20,23);4H,1-3H2. The number of aromatic nitrogens is 2. The Kier molecular flexibility index (Phi) is 7.94. The van der Waals surface area contributed by atoms with E-state index in [-0.39, 0.29) is 25.0 Å². The van der Waals surface area contributed by atoms with E-state index in [1.54, 1.807) is 0 Å². The lowest BCUT2D eigenvalue weighted by atomic mass is 10.0. The van der Waals surface area contributed by atoms with Gasteiger partial charge in [-0.15, -0.1) is 0 Å². The van der Waals surface area contributed by atoms with Crippen molar-refractivity contribution < 1.29 is 28.2 Å². The lowest BCUT2D eigenvalue weighted by Crippen LogP contribution is -2.30. The zero-order valence-electron chi connectivity index (χ0n) is 14.0. The lowest BCUT2D eigenvalue weighted by molar-refractivity contribution is -0.137. The number of aliphatic hydroxyl groups excluding tert-OH is 1. The first-order chi connectivity index (χ1) is 12.6. The average Bonchev–Trinajstić information content (AvgIpc) is 2.60. The van der Waals surface area contributed by atoms with Gasteiger partial charge in [0.05, 0.1) is 12.2 Å². The number of alkyl halides is 3. The molecule has 0 unspecified atom stereocenters. The molecule has 0 aliphatic heterocycles. The van der Waals surface area contributed by atoms with Gasteiger partial charge in [-0.1, -0.05) is 12.1 Å². The predicted octanol–water partition coefficient (Wildman–Crippen LogP) is 0.503. The summed E-state index contributed by atoms with van der Waals surface area (Å²) in [6.45, 7) is 0.472. The fourth-order valence-corrected chi connectivity index (χ4v) is 2.06. The lowest BCUT2D eigenvalue weighted by Gasteiger charge is -2.08. The van der Waals surface area contributed by atoms with Crippen molar-refractivity contribution in [2.45, 2.75) is 19.0 Å². The molecule has 0 saturated carbocycles. The Hall–Kier alpha value is -2.92. The number of carboxylic acids is 1. The molecule has 0 spiro atoms. The molecule has 0 aliphatic rings. The van der Waals surface area contributed by atoms with E-state index in [2.05, 4.69) is 0 Å². The smallest absolute Gasteiger partial charge is 0.416 e. The van der Waals surface area contributed by atoms with Crippen LogP contribution in [0.1, 0.15) is 27.2 Å². The maximum Gasteiger partial charge on any atom is 0.416 e. The topological polar surface area (TPSA) is 149 Å². The minimum Gasteiger partial charge on any atom is -0.477 e. The molecule has 2 aromatic rings. The van der Waals surface area contributed by atoms with Crippen LogP contribution in [-0.4, -0.2) is 39.3 Å². The van der Waals surface area contributed by atoms with E-state index >= 15 is 0 Å². The number of nitrogens with two attached hydrogens (primary N) is 1. The van der Waals surface area contributed by atoms with Gasteiger partial charge >= 0.3 is 17.8 Å². The van der Waals surface area contributed by atoms with E-state index in [4.69, 9.17) is 15.9 Å². The maximum atomic E-state index is 12.5. The molecule has 1 aromatic carbocycles. The molecule has 8 nitrogen and oxygen atoms in total. The summed E-state index contributed by atoms with van der Waals surface area (Å²) >= 11 is 0. The van der Waals surface area contributed by atoms with Gasteiger partial charge in [-0.25, -0.2) is 9.59 Å². The third-order valence-electron chi connectivity index (χ3n) is 3.33. The third kappa shape index (κ3) is 6.72. The highest BCUT2D eigenvalue weighted by atomic mass is 19.4. The van der Waals surface area contributed by atoms with Crippen molar-refractivity contribution in [1.82, 2.24) is 9.97 Å². The molecule has 2 rings (SSSR count). The van der Waals surface area contributed by atoms with Gasteiger partial charge in [0, 0.05) is 12.1 Å². The minimum atomic E-state index is -4.44. The highest BCUT2D eigenvalue weighted by Crippen LogP contribution is 2.29. The number of benzene rings is 1. The number of carboxylic acid groups (broad SMARTS) is 1. The normalized spacial score (nSPS) is 10.9. The van der Waals surface area contributed by atoms with Crippen LogP contribution in [0.3, 0.4) is 0 Å². The van der Waals surface area contributed by atoms with Gasteiger partial charge in [-0.2, -0.15) is 13.2 Å². The number of aromatic carboxylic acids is 1. The minimum absolute atomic E-state index is 0.0425. The summed E-state index contributed by atoms with van der Waals surface area (Å²) in [4.78, 5) is 37.8. The first-order valence-electron chi connectivity index (χ1n) is 7.66. The molecule has 11 heteroatoms. The van der Waals surface area contributed by atoms with Crippen LogP contribution in [0.4, 0.5) is 13.2 Å². The molecule has 0 amide bonds. The molecule has 0 atom stereocenters. The fraction of sp³-hybridized carbons (Fsp3) is 0.312. The summed E-state index contributed by atoms with van der Waals surface area (Å²) in [6.07, 6.45) is -4.34. The van der Waals surface area contributed by atoms with E-state index in [9.17, 15) is 27.6 Å². The summed E-state index contributed by atoms with van der Waals surface area (Å²) in [5, 5.41) is 16.7. The van der Waals surface area contributed by atoms with E-state index in [0.29, 0.717) is 12.1 Å². The molecule has 1 heterocycles. The van der Waals surface area contributed by atoms with Crippen molar-refractivity contribution in [2.75, 3.05) is 13.2 Å². The molecular weight excluding hydrogens is 371 g/mol. The van der Waals surface area contributed by atoms with Crippen LogP contribution in [0.5, 0.6) is 0 Å². The molecule has 0 radical (unpaired) electrons. The van der Waals surface area contributed by atoms with Gasteiger partial charge in [0.25, 0.3) is 5.56 Å². The first kappa shape index (κ1) is 22.1. The highest BCUT2D eigenvalue weighted by Gasteiger charge is 2.29. The van der Waals surface area contributed by atoms with Crippen molar-refractivity contribution >= 4 is 5.97 Å². The second-order valence-corrected chi connectivity index (χ2v) is 5.27. The van der Waals surface area contributed by atoms with Gasteiger partial charge in [0.15, 0.2) is 0 Å². The van der Waals surface area contributed by atoms with Crippen LogP contribution in [0.25, 0.3) is 0 Å². The number of halogens is 3. The maximum absolute atomic E-state index is 12.5. The van der Waals surface area contributed by atoms with Crippen LogP contribution in [0.2, 0.25) is 0 Å². The molecule has 0 fully saturated rings. The predicted molar refractivity (Wildman–Crippen MR) is 89.6 cm³/mol. The largest absolute Gasteiger partial charge is 0.477 e. The second kappa shape index (κ2) is 9.69. The van der Waals surface area contributed by atoms with Gasteiger partial charge in [0.1, 0.15) is 5.69 Å². The summed E-state index contributed by atoms with van der Waals surface area (Å²) in [7, 11) is 0. The molecule has 6 N–H and O–H groups in total. The van der Waals surface area contributed by atoms with Gasteiger partial charge in [0.2, 0.25) is 0 Å². The van der Waals surface area contributed by atoms with E-state index in [1.165, 1.54) is 12.1 Å². The monoisotopic (exact) mass is 389 g/mol. The quantitative estimate of drug-likeness (QED) is 0.503.